The van der Waals surface area contributed by atoms with Crippen LogP contribution < -0.4 is 0 Å². The Bertz CT molecular complexity index is 294. The molecule has 0 saturated carbocycles. The molecule has 0 heterocycles. The second-order valence-electron chi connectivity index (χ2n) is 3.11. The van der Waals surface area contributed by atoms with Gasteiger partial charge in [0.1, 0.15) is 0 Å². The van der Waals surface area contributed by atoms with E-state index in [-0.39, 0.29) is 215 Å². The van der Waals surface area contributed by atoms with Gasteiger partial charge >= 0.3 is 98.5 Å². The molecule has 0 aliphatic rings. The second kappa shape index (κ2) is 91.2. The van der Waals surface area contributed by atoms with Crippen LogP contribution in [0.2, 0.25) is 0 Å². The molecule has 0 aliphatic heterocycles. The van der Waals surface area contributed by atoms with Crippen LogP contribution in [-0.4, -0.2) is 165 Å². The maximum atomic E-state index is 9.00. The van der Waals surface area contributed by atoms with Crippen molar-refractivity contribution in [2.45, 2.75) is 41.5 Å². The molecule has 0 bridgehead atoms. The molecule has 0 amide bonds. The maximum absolute atomic E-state index is 9.00. The van der Waals surface area contributed by atoms with E-state index in [9.17, 15) is 0 Å². The summed E-state index contributed by atoms with van der Waals surface area (Å²) in [6, 6.07) is 0. The van der Waals surface area contributed by atoms with Crippen molar-refractivity contribution in [1.82, 2.24) is 0 Å². The molecule has 0 saturated heterocycles. The van der Waals surface area contributed by atoms with E-state index in [1.54, 1.807) is 0 Å². The molecule has 6 N–H and O–H groups in total. The SMILES string of the molecule is CC(=O)O.CC(=O)O.CC(=O)O.CC(=O)O.CC(=O)O.CC(=O)O.[CaH2].[CaH2].[MgH2].[Zn].[Zn].[Zn].[Zn].[Zn].[Zn]. The molecule has 0 aromatic rings. The molecule has 168 valence electrons. The van der Waals surface area contributed by atoms with E-state index in [1.165, 1.54) is 0 Å². The normalized spacial score (nSPS) is 4.55. The zero-order valence-electron chi connectivity index (χ0n) is 18.4. The Kier molecular flexibility index (Phi) is 274. The number of rotatable bonds is 0. The minimum atomic E-state index is -0.833. The van der Waals surface area contributed by atoms with E-state index >= 15 is 0 Å². The van der Waals surface area contributed by atoms with Gasteiger partial charge in [-0.05, 0) is 0 Å². The van der Waals surface area contributed by atoms with E-state index in [0.717, 1.165) is 41.5 Å². The zero-order chi connectivity index (χ0) is 21.5. The molecule has 0 aromatic carbocycles. The molecular weight excluding hydrogens is 833 g/mol. The van der Waals surface area contributed by atoms with Crippen LogP contribution in [0, 0.1) is 0 Å². The molecule has 0 fully saturated rings. The van der Waals surface area contributed by atoms with Crippen molar-refractivity contribution < 1.29 is 176 Å². The molecule has 12 nitrogen and oxygen atoms in total. The van der Waals surface area contributed by atoms with E-state index in [1.807, 2.05) is 0 Å². The molecule has 0 spiro atoms. The number of carboxylic acids is 6. The molecule has 0 unspecified atom stereocenters. The number of carbonyl (C=O) groups is 6. The van der Waals surface area contributed by atoms with E-state index in [0.29, 0.717) is 0 Å². The van der Waals surface area contributed by atoms with Gasteiger partial charge in [0.05, 0.1) is 0 Å². The van der Waals surface area contributed by atoms with Gasteiger partial charge in [-0.15, -0.1) is 0 Å². The Morgan fingerprint density at radius 3 is 0.333 bits per heavy atom. The van der Waals surface area contributed by atoms with Crippen LogP contribution in [0.3, 0.4) is 0 Å². The van der Waals surface area contributed by atoms with Crippen molar-refractivity contribution in [3.05, 3.63) is 0 Å². The third kappa shape index (κ3) is 2780. The summed E-state index contributed by atoms with van der Waals surface area (Å²) in [6.45, 7) is 6.50. The largest absolute Gasteiger partial charge is 0.316 e. The van der Waals surface area contributed by atoms with E-state index < -0.39 is 35.8 Å². The number of hydrogen-bond donors (Lipinski definition) is 6. The molecule has 0 atom stereocenters. The van der Waals surface area contributed by atoms with Crippen LogP contribution in [0.1, 0.15) is 41.5 Å². The van der Waals surface area contributed by atoms with Crippen LogP contribution in [0.4, 0.5) is 0 Å². The monoisotopic (exact) mass is 854 g/mol. The van der Waals surface area contributed by atoms with Crippen molar-refractivity contribution in [1.29, 1.82) is 0 Å². The van der Waals surface area contributed by atoms with Gasteiger partial charge in [0.2, 0.25) is 0 Å². The first-order chi connectivity index (χ1) is 10.4. The Labute approximate surface area is 345 Å². The first-order valence-electron chi connectivity index (χ1n) is 5.57. The predicted octanol–water partition coefficient (Wildman–Crippen LogP) is -2.22. The Balaban J connectivity index is -0.00000000859. The third-order valence-corrected chi connectivity index (χ3v) is 0. The van der Waals surface area contributed by atoms with Crippen molar-refractivity contribution in [3.8, 4) is 0 Å². The van der Waals surface area contributed by atoms with Crippen LogP contribution in [-0.2, 0) is 146 Å². The quantitative estimate of drug-likeness (QED) is 0.143. The molecule has 21 heteroatoms. The third-order valence-electron chi connectivity index (χ3n) is 0. The minimum absolute atomic E-state index is 0. The molecule has 0 rings (SSSR count). The van der Waals surface area contributed by atoms with Crippen molar-refractivity contribution in [3.63, 3.8) is 0 Å². The van der Waals surface area contributed by atoms with Gasteiger partial charge in [-0.2, -0.15) is 0 Å². The molecule has 0 aliphatic carbocycles. The van der Waals surface area contributed by atoms with Crippen LogP contribution in [0.25, 0.3) is 0 Å². The van der Waals surface area contributed by atoms with Crippen LogP contribution >= 0.6 is 0 Å². The summed E-state index contributed by atoms with van der Waals surface area (Å²) < 4.78 is 0. The summed E-state index contributed by atoms with van der Waals surface area (Å²) in [7, 11) is 0. The topological polar surface area (TPSA) is 224 Å². The Morgan fingerprint density at radius 2 is 0.333 bits per heavy atom. The standard InChI is InChI=1S/6C2H4O2.2Ca.Mg.6Zn.6H/c6*1-2(3)4;;;;;;;;;;;;;;;/h6*1H3,(H,3,4);;;;;;;;;;;;;;;. The molecule has 0 aromatic heterocycles. The van der Waals surface area contributed by atoms with Gasteiger partial charge < -0.3 is 30.6 Å². The fraction of sp³-hybridized carbons (Fsp3) is 0.500. The molecule has 0 radical (unpaired) electrons. The number of hydrogen-bond acceptors (Lipinski definition) is 6. The van der Waals surface area contributed by atoms with Gasteiger partial charge in [0.15, 0.2) is 0 Å². The first-order valence-corrected chi connectivity index (χ1v) is 5.57. The van der Waals surface area contributed by atoms with Crippen LogP contribution in [0.15, 0.2) is 0 Å². The predicted molar refractivity (Wildman–Crippen MR) is 105 cm³/mol. The Morgan fingerprint density at radius 1 is 0.333 bits per heavy atom. The fourth-order valence-corrected chi connectivity index (χ4v) is 0. The molecular formula is C12H30Ca2MgO12Zn6. The average Bonchev–Trinajstić information content (AvgIpc) is 2.08. The molecule has 33 heavy (non-hydrogen) atoms. The van der Waals surface area contributed by atoms with Crippen molar-refractivity contribution in [2.24, 2.45) is 0 Å². The summed E-state index contributed by atoms with van der Waals surface area (Å²) in [5.74, 6) is -5.00. The fourth-order valence-electron chi connectivity index (χ4n) is 0. The number of aliphatic carboxylic acids is 6. The zero-order valence-corrected chi connectivity index (χ0v) is 36.2. The van der Waals surface area contributed by atoms with Crippen molar-refractivity contribution in [2.75, 3.05) is 0 Å². The summed E-state index contributed by atoms with van der Waals surface area (Å²) in [5.41, 5.74) is 0. The summed E-state index contributed by atoms with van der Waals surface area (Å²) in [4.78, 5) is 54.0. The Hall–Kier alpha value is 3.85. The second-order valence-corrected chi connectivity index (χ2v) is 3.11. The average molecular weight is 863 g/mol. The maximum Gasteiger partial charge on any atom is 0.316 e. The smallest absolute Gasteiger partial charge is 0 e. The van der Waals surface area contributed by atoms with Crippen molar-refractivity contribution >= 4 is 134 Å². The minimum Gasteiger partial charge on any atom is 0 e. The summed E-state index contributed by atoms with van der Waals surface area (Å²) >= 11 is 0. The summed E-state index contributed by atoms with van der Waals surface area (Å²) in [6.07, 6.45) is 0. The van der Waals surface area contributed by atoms with Crippen LogP contribution in [0.5, 0.6) is 0 Å². The summed E-state index contributed by atoms with van der Waals surface area (Å²) in [5, 5.41) is 44.5. The van der Waals surface area contributed by atoms with Gasteiger partial charge in [0.25, 0.3) is 35.8 Å². The van der Waals surface area contributed by atoms with Gasteiger partial charge in [-0.25, -0.2) is 0 Å². The van der Waals surface area contributed by atoms with E-state index in [2.05, 4.69) is 0 Å². The van der Waals surface area contributed by atoms with E-state index in [4.69, 9.17) is 59.4 Å². The first kappa shape index (κ1) is 99.2. The number of carboxylic acid groups (broad SMARTS) is 6. The van der Waals surface area contributed by atoms with Gasteiger partial charge in [-0.3, -0.25) is 28.8 Å². The van der Waals surface area contributed by atoms with Gasteiger partial charge in [0, 0.05) is 158 Å². The van der Waals surface area contributed by atoms with Gasteiger partial charge in [-0.1, -0.05) is 0 Å².